The Morgan fingerprint density at radius 2 is 1.63 bits per heavy atom. The number of carboxylic acids is 1. The van der Waals surface area contributed by atoms with Crippen molar-refractivity contribution in [2.75, 3.05) is 15.5 Å². The molecule has 0 saturated heterocycles. The van der Waals surface area contributed by atoms with Crippen LogP contribution in [0.15, 0.2) is 50.4 Å². The minimum absolute atomic E-state index is 0.0227. The van der Waals surface area contributed by atoms with Gasteiger partial charge in [0.25, 0.3) is 16.8 Å². The molecule has 3 N–H and O–H groups in total. The average Bonchev–Trinajstić information content (AvgIpc) is 3.42. The minimum Gasteiger partial charge on any atom is -0.478 e. The van der Waals surface area contributed by atoms with Gasteiger partial charge < -0.3 is 25.1 Å². The second kappa shape index (κ2) is 9.76. The Morgan fingerprint density at radius 3 is 2.24 bits per heavy atom. The summed E-state index contributed by atoms with van der Waals surface area (Å²) in [6.07, 6.45) is 0. The number of nitrogens with zero attached hydrogens (tertiary/aromatic N) is 1. The standard InChI is InChI=1S/C32H33N3O6/c1-15-8-10-19(31(39)40)22(12-15)35-14-20-16(2)9-11-21(24(20)30(35)38)33-25-26(28(37)27(25)36)34-29(32(5,6)7)23-13-17(3)18(4)41-23/h8-13,29,33-34H,14H2,1-7H3,(H,39,40)/t29-/m0/s1. The molecule has 9 nitrogen and oxygen atoms in total. The fraction of sp³-hybridized carbons (Fsp3) is 0.312. The van der Waals surface area contributed by atoms with Crippen LogP contribution in [-0.2, 0) is 6.54 Å². The number of carbonyl (C=O) groups is 2. The summed E-state index contributed by atoms with van der Waals surface area (Å²) in [6.45, 7) is 13.7. The molecular formula is C32H33N3O6. The SMILES string of the molecule is Cc1ccc(C(=O)O)c(N2Cc3c(C)ccc(Nc4c(N[C@@H](c5cc(C)c(C)o5)C(C)(C)C)c(=O)c4=O)c3C2=O)c1. The molecule has 2 heterocycles. The molecule has 0 saturated carbocycles. The van der Waals surface area contributed by atoms with E-state index >= 15 is 0 Å². The van der Waals surface area contributed by atoms with E-state index in [4.69, 9.17) is 4.42 Å². The Labute approximate surface area is 237 Å². The molecule has 0 spiro atoms. The third kappa shape index (κ3) is 4.71. The van der Waals surface area contributed by atoms with Gasteiger partial charge in [-0.15, -0.1) is 0 Å². The van der Waals surface area contributed by atoms with Gasteiger partial charge >= 0.3 is 5.97 Å². The molecule has 0 aliphatic carbocycles. The zero-order chi connectivity index (χ0) is 30.0. The monoisotopic (exact) mass is 555 g/mol. The number of rotatable bonds is 7. The van der Waals surface area contributed by atoms with Gasteiger partial charge in [-0.05, 0) is 79.6 Å². The third-order valence-corrected chi connectivity index (χ3v) is 7.79. The number of fused-ring (bicyclic) bond motifs is 1. The van der Waals surface area contributed by atoms with Crippen LogP contribution in [-0.4, -0.2) is 17.0 Å². The lowest BCUT2D eigenvalue weighted by atomic mass is 9.84. The van der Waals surface area contributed by atoms with Crippen molar-refractivity contribution in [2.24, 2.45) is 5.41 Å². The van der Waals surface area contributed by atoms with Crippen LogP contribution in [0.4, 0.5) is 22.7 Å². The lowest BCUT2D eigenvalue weighted by molar-refractivity contribution is 0.0697. The van der Waals surface area contributed by atoms with Crippen LogP contribution in [0.1, 0.15) is 81.3 Å². The first kappa shape index (κ1) is 27.9. The number of amides is 1. The highest BCUT2D eigenvalue weighted by molar-refractivity contribution is 6.16. The Balaban J connectivity index is 1.52. The van der Waals surface area contributed by atoms with Crippen molar-refractivity contribution in [2.45, 2.75) is 61.1 Å². The second-order valence-electron chi connectivity index (χ2n) is 11.9. The van der Waals surface area contributed by atoms with Crippen LogP contribution < -0.4 is 26.4 Å². The largest absolute Gasteiger partial charge is 0.478 e. The number of anilines is 4. The van der Waals surface area contributed by atoms with E-state index in [1.54, 1.807) is 18.2 Å². The Kier molecular flexibility index (Phi) is 6.64. The smallest absolute Gasteiger partial charge is 0.337 e. The fourth-order valence-corrected chi connectivity index (χ4v) is 5.30. The van der Waals surface area contributed by atoms with E-state index in [0.717, 1.165) is 28.0 Å². The molecule has 41 heavy (non-hydrogen) atoms. The number of carbonyl (C=O) groups excluding carboxylic acids is 1. The molecule has 1 aliphatic rings. The number of aromatic carboxylic acids is 1. The van der Waals surface area contributed by atoms with Crippen LogP contribution in [0.3, 0.4) is 0 Å². The zero-order valence-electron chi connectivity index (χ0n) is 24.2. The second-order valence-corrected chi connectivity index (χ2v) is 11.9. The summed E-state index contributed by atoms with van der Waals surface area (Å²) in [5, 5.41) is 16.1. The summed E-state index contributed by atoms with van der Waals surface area (Å²) in [4.78, 5) is 52.8. The molecule has 0 unspecified atom stereocenters. The van der Waals surface area contributed by atoms with Crippen LogP contribution in [0, 0.1) is 33.1 Å². The fourth-order valence-electron chi connectivity index (χ4n) is 5.30. The molecule has 3 aromatic carbocycles. The van der Waals surface area contributed by atoms with Crippen molar-refractivity contribution in [1.82, 2.24) is 0 Å². The van der Waals surface area contributed by atoms with Gasteiger partial charge in [-0.3, -0.25) is 14.4 Å². The van der Waals surface area contributed by atoms with E-state index in [2.05, 4.69) is 10.6 Å². The number of benzene rings is 2. The van der Waals surface area contributed by atoms with Crippen molar-refractivity contribution >= 4 is 34.6 Å². The van der Waals surface area contributed by atoms with Gasteiger partial charge in [0, 0.05) is 0 Å². The number of hydrogen-bond donors (Lipinski definition) is 3. The van der Waals surface area contributed by atoms with Gasteiger partial charge in [-0.25, -0.2) is 4.79 Å². The Bertz CT molecular complexity index is 1780. The maximum Gasteiger partial charge on any atom is 0.337 e. The van der Waals surface area contributed by atoms with Crippen molar-refractivity contribution < 1.29 is 19.1 Å². The summed E-state index contributed by atoms with van der Waals surface area (Å²) in [7, 11) is 0. The number of aryl methyl sites for hydroxylation is 4. The van der Waals surface area contributed by atoms with Gasteiger partial charge in [-0.1, -0.05) is 32.9 Å². The molecule has 1 aliphatic heterocycles. The summed E-state index contributed by atoms with van der Waals surface area (Å²) in [6, 6.07) is 9.91. The normalized spacial score (nSPS) is 13.9. The van der Waals surface area contributed by atoms with Crippen molar-refractivity contribution in [3.63, 3.8) is 0 Å². The van der Waals surface area contributed by atoms with Gasteiger partial charge in [0.15, 0.2) is 0 Å². The number of furan rings is 1. The summed E-state index contributed by atoms with van der Waals surface area (Å²) < 4.78 is 5.97. The molecule has 1 aromatic heterocycles. The van der Waals surface area contributed by atoms with Crippen molar-refractivity contribution in [3.8, 4) is 0 Å². The number of hydrogen-bond acceptors (Lipinski definition) is 7. The Hall–Kier alpha value is -4.66. The van der Waals surface area contributed by atoms with E-state index in [0.29, 0.717) is 22.7 Å². The van der Waals surface area contributed by atoms with E-state index < -0.39 is 22.9 Å². The predicted octanol–water partition coefficient (Wildman–Crippen LogP) is 5.91. The summed E-state index contributed by atoms with van der Waals surface area (Å²) >= 11 is 0. The van der Waals surface area contributed by atoms with Crippen LogP contribution in [0.25, 0.3) is 0 Å². The van der Waals surface area contributed by atoms with Gasteiger partial charge in [0.05, 0.1) is 35.1 Å². The molecule has 4 aromatic rings. The van der Waals surface area contributed by atoms with E-state index in [1.807, 2.05) is 60.6 Å². The van der Waals surface area contributed by atoms with E-state index in [9.17, 15) is 24.3 Å². The van der Waals surface area contributed by atoms with Crippen molar-refractivity contribution in [3.05, 3.63) is 102 Å². The minimum atomic E-state index is -1.13. The summed E-state index contributed by atoms with van der Waals surface area (Å²) in [5.74, 6) is -0.0893. The van der Waals surface area contributed by atoms with Crippen LogP contribution in [0.2, 0.25) is 0 Å². The first-order valence-corrected chi connectivity index (χ1v) is 13.4. The molecule has 1 amide bonds. The van der Waals surface area contributed by atoms with Gasteiger partial charge in [0.2, 0.25) is 0 Å². The van der Waals surface area contributed by atoms with Gasteiger partial charge in [-0.2, -0.15) is 0 Å². The first-order chi connectivity index (χ1) is 19.2. The number of nitrogens with one attached hydrogen (secondary N) is 2. The average molecular weight is 556 g/mol. The highest BCUT2D eigenvalue weighted by atomic mass is 16.4. The molecule has 0 fully saturated rings. The van der Waals surface area contributed by atoms with Crippen LogP contribution in [0.5, 0.6) is 0 Å². The molecule has 212 valence electrons. The molecule has 0 bridgehead atoms. The topological polar surface area (TPSA) is 129 Å². The molecule has 0 radical (unpaired) electrons. The predicted molar refractivity (Wildman–Crippen MR) is 158 cm³/mol. The zero-order valence-corrected chi connectivity index (χ0v) is 24.2. The maximum atomic E-state index is 13.8. The lowest BCUT2D eigenvalue weighted by Crippen LogP contribution is -2.39. The number of carboxylic acid groups (broad SMARTS) is 1. The highest BCUT2D eigenvalue weighted by Crippen LogP contribution is 2.41. The molecule has 1 atom stereocenters. The molecular weight excluding hydrogens is 522 g/mol. The van der Waals surface area contributed by atoms with E-state index in [-0.39, 0.29) is 34.8 Å². The lowest BCUT2D eigenvalue weighted by Gasteiger charge is -2.31. The Morgan fingerprint density at radius 1 is 0.951 bits per heavy atom. The van der Waals surface area contributed by atoms with Crippen LogP contribution >= 0.6 is 0 Å². The van der Waals surface area contributed by atoms with Crippen molar-refractivity contribution in [1.29, 1.82) is 0 Å². The molecule has 9 heteroatoms. The maximum absolute atomic E-state index is 13.8. The highest BCUT2D eigenvalue weighted by Gasteiger charge is 2.37. The molecule has 5 rings (SSSR count). The first-order valence-electron chi connectivity index (χ1n) is 13.4. The van der Waals surface area contributed by atoms with E-state index in [1.165, 1.54) is 11.0 Å². The third-order valence-electron chi connectivity index (χ3n) is 7.79. The summed E-state index contributed by atoms with van der Waals surface area (Å²) in [5.41, 5.74) is 2.91. The van der Waals surface area contributed by atoms with Gasteiger partial charge in [0.1, 0.15) is 22.9 Å². The quantitative estimate of drug-likeness (QED) is 0.240.